The summed E-state index contributed by atoms with van der Waals surface area (Å²) in [7, 11) is 1.81. The fourth-order valence-corrected chi connectivity index (χ4v) is 1.38. The third-order valence-electron chi connectivity index (χ3n) is 2.00. The smallest absolute Gasteiger partial charge is 0.253 e. The molecule has 3 heteroatoms. The zero-order valence-electron chi connectivity index (χ0n) is 8.46. The van der Waals surface area contributed by atoms with Crippen LogP contribution in [0.3, 0.4) is 0 Å². The molecule has 0 saturated carbocycles. The molecule has 14 heavy (non-hydrogen) atoms. The Labute approximate surface area is 89.5 Å². The van der Waals surface area contributed by atoms with E-state index < -0.39 is 0 Å². The second kappa shape index (κ2) is 5.01. The highest BCUT2D eigenvalue weighted by atomic mass is 35.5. The summed E-state index contributed by atoms with van der Waals surface area (Å²) in [4.78, 5) is 13.4. The quantitative estimate of drug-likeness (QED) is 0.753. The first-order valence-corrected chi connectivity index (χ1v) is 5.04. The van der Waals surface area contributed by atoms with Crippen LogP contribution < -0.4 is 0 Å². The molecule has 1 rings (SSSR count). The standard InChI is InChI=1S/C11H14ClNO/c1-3-8-13(2)11(14)9-4-6-10(12)7-5-9/h4-7H,3,8H2,1-2H3. The summed E-state index contributed by atoms with van der Waals surface area (Å²) in [5.41, 5.74) is 0.686. The SMILES string of the molecule is CCCN(C)C(=O)c1ccc(Cl)cc1. The summed E-state index contributed by atoms with van der Waals surface area (Å²) in [5, 5.41) is 0.652. The maximum atomic E-state index is 11.7. The van der Waals surface area contributed by atoms with Gasteiger partial charge in [0.15, 0.2) is 0 Å². The Bertz CT molecular complexity index is 308. The molecule has 0 atom stereocenters. The number of hydrogen-bond acceptors (Lipinski definition) is 1. The van der Waals surface area contributed by atoms with Gasteiger partial charge < -0.3 is 4.90 Å². The van der Waals surface area contributed by atoms with Crippen molar-refractivity contribution in [1.29, 1.82) is 0 Å². The lowest BCUT2D eigenvalue weighted by Crippen LogP contribution is -2.27. The lowest BCUT2D eigenvalue weighted by Gasteiger charge is -2.15. The number of amides is 1. The van der Waals surface area contributed by atoms with Gasteiger partial charge in [-0.2, -0.15) is 0 Å². The lowest BCUT2D eigenvalue weighted by molar-refractivity contribution is 0.0795. The molecule has 0 aliphatic heterocycles. The van der Waals surface area contributed by atoms with Crippen molar-refractivity contribution in [1.82, 2.24) is 4.90 Å². The van der Waals surface area contributed by atoms with Crippen molar-refractivity contribution in [3.8, 4) is 0 Å². The molecule has 1 aromatic carbocycles. The van der Waals surface area contributed by atoms with Gasteiger partial charge in [-0.05, 0) is 30.7 Å². The van der Waals surface area contributed by atoms with Gasteiger partial charge in [0.1, 0.15) is 0 Å². The van der Waals surface area contributed by atoms with Gasteiger partial charge in [-0.3, -0.25) is 4.79 Å². The fourth-order valence-electron chi connectivity index (χ4n) is 1.25. The molecular weight excluding hydrogens is 198 g/mol. The molecule has 0 unspecified atom stereocenters. The Morgan fingerprint density at radius 1 is 1.36 bits per heavy atom. The number of carbonyl (C=O) groups excluding carboxylic acids is 1. The van der Waals surface area contributed by atoms with Gasteiger partial charge in [0.2, 0.25) is 0 Å². The van der Waals surface area contributed by atoms with Gasteiger partial charge in [0.05, 0.1) is 0 Å². The Balaban J connectivity index is 2.74. The normalized spacial score (nSPS) is 9.93. The predicted molar refractivity (Wildman–Crippen MR) is 58.7 cm³/mol. The van der Waals surface area contributed by atoms with Crippen LogP contribution in [-0.4, -0.2) is 24.4 Å². The number of hydrogen-bond donors (Lipinski definition) is 0. The van der Waals surface area contributed by atoms with Crippen molar-refractivity contribution < 1.29 is 4.79 Å². The van der Waals surface area contributed by atoms with Crippen molar-refractivity contribution >= 4 is 17.5 Å². The minimum Gasteiger partial charge on any atom is -0.342 e. The zero-order valence-corrected chi connectivity index (χ0v) is 9.21. The van der Waals surface area contributed by atoms with E-state index >= 15 is 0 Å². The van der Waals surface area contributed by atoms with Gasteiger partial charge in [0, 0.05) is 24.2 Å². The monoisotopic (exact) mass is 211 g/mol. The number of benzene rings is 1. The van der Waals surface area contributed by atoms with E-state index in [0.717, 1.165) is 13.0 Å². The molecule has 0 aliphatic carbocycles. The first-order chi connectivity index (χ1) is 6.65. The maximum absolute atomic E-state index is 11.7. The summed E-state index contributed by atoms with van der Waals surface area (Å²) < 4.78 is 0. The molecule has 0 aliphatic rings. The van der Waals surface area contributed by atoms with Gasteiger partial charge in [-0.25, -0.2) is 0 Å². The molecule has 1 aromatic rings. The largest absolute Gasteiger partial charge is 0.342 e. The minimum absolute atomic E-state index is 0.0449. The molecule has 76 valence electrons. The maximum Gasteiger partial charge on any atom is 0.253 e. The Morgan fingerprint density at radius 2 is 1.93 bits per heavy atom. The molecule has 0 spiro atoms. The average Bonchev–Trinajstić information content (AvgIpc) is 2.18. The third-order valence-corrected chi connectivity index (χ3v) is 2.25. The van der Waals surface area contributed by atoms with Crippen LogP contribution in [0.25, 0.3) is 0 Å². The number of carbonyl (C=O) groups is 1. The van der Waals surface area contributed by atoms with Crippen LogP contribution in [-0.2, 0) is 0 Å². The highest BCUT2D eigenvalue weighted by Crippen LogP contribution is 2.11. The number of rotatable bonds is 3. The van der Waals surface area contributed by atoms with E-state index in [2.05, 4.69) is 0 Å². The van der Waals surface area contributed by atoms with Crippen molar-refractivity contribution in [3.63, 3.8) is 0 Å². The van der Waals surface area contributed by atoms with Crippen LogP contribution in [0.2, 0.25) is 5.02 Å². The fraction of sp³-hybridized carbons (Fsp3) is 0.364. The third kappa shape index (κ3) is 2.74. The predicted octanol–water partition coefficient (Wildman–Crippen LogP) is 2.82. The van der Waals surface area contributed by atoms with Crippen molar-refractivity contribution in [3.05, 3.63) is 34.9 Å². The highest BCUT2D eigenvalue weighted by molar-refractivity contribution is 6.30. The lowest BCUT2D eigenvalue weighted by atomic mass is 10.2. The van der Waals surface area contributed by atoms with E-state index in [1.165, 1.54) is 0 Å². The number of nitrogens with zero attached hydrogens (tertiary/aromatic N) is 1. The molecule has 0 bridgehead atoms. The van der Waals surface area contributed by atoms with Crippen molar-refractivity contribution in [2.24, 2.45) is 0 Å². The van der Waals surface area contributed by atoms with Crippen LogP contribution in [0, 0.1) is 0 Å². The molecular formula is C11H14ClNO. The summed E-state index contributed by atoms with van der Waals surface area (Å²) in [6.45, 7) is 2.83. The second-order valence-corrected chi connectivity index (χ2v) is 3.67. The molecule has 1 amide bonds. The molecule has 0 heterocycles. The van der Waals surface area contributed by atoms with E-state index in [4.69, 9.17) is 11.6 Å². The van der Waals surface area contributed by atoms with E-state index in [-0.39, 0.29) is 5.91 Å². The van der Waals surface area contributed by atoms with E-state index in [1.807, 2.05) is 6.92 Å². The molecule has 0 saturated heterocycles. The minimum atomic E-state index is 0.0449. The molecule has 2 nitrogen and oxygen atoms in total. The molecule has 0 fully saturated rings. The van der Waals surface area contributed by atoms with Crippen LogP contribution >= 0.6 is 11.6 Å². The van der Waals surface area contributed by atoms with Crippen LogP contribution in [0.1, 0.15) is 23.7 Å². The summed E-state index contributed by atoms with van der Waals surface area (Å²) in [6, 6.07) is 6.96. The van der Waals surface area contributed by atoms with Crippen LogP contribution in [0.5, 0.6) is 0 Å². The van der Waals surface area contributed by atoms with Crippen LogP contribution in [0.4, 0.5) is 0 Å². The summed E-state index contributed by atoms with van der Waals surface area (Å²) >= 11 is 5.73. The van der Waals surface area contributed by atoms with Gasteiger partial charge in [0.25, 0.3) is 5.91 Å². The Kier molecular flexibility index (Phi) is 3.96. The van der Waals surface area contributed by atoms with E-state index in [1.54, 1.807) is 36.2 Å². The Hall–Kier alpha value is -1.02. The van der Waals surface area contributed by atoms with Crippen molar-refractivity contribution in [2.75, 3.05) is 13.6 Å². The molecule has 0 aromatic heterocycles. The first kappa shape index (κ1) is 11.1. The second-order valence-electron chi connectivity index (χ2n) is 3.23. The van der Waals surface area contributed by atoms with Gasteiger partial charge >= 0.3 is 0 Å². The highest BCUT2D eigenvalue weighted by Gasteiger charge is 2.09. The van der Waals surface area contributed by atoms with Gasteiger partial charge in [-0.1, -0.05) is 18.5 Å². The molecule has 0 N–H and O–H groups in total. The first-order valence-electron chi connectivity index (χ1n) is 4.66. The molecule has 0 radical (unpaired) electrons. The Morgan fingerprint density at radius 3 is 2.43 bits per heavy atom. The number of halogens is 1. The summed E-state index contributed by atoms with van der Waals surface area (Å²) in [6.07, 6.45) is 0.968. The van der Waals surface area contributed by atoms with Crippen LogP contribution in [0.15, 0.2) is 24.3 Å². The zero-order chi connectivity index (χ0) is 10.6. The van der Waals surface area contributed by atoms with Crippen molar-refractivity contribution in [2.45, 2.75) is 13.3 Å². The topological polar surface area (TPSA) is 20.3 Å². The van der Waals surface area contributed by atoms with E-state index in [0.29, 0.717) is 10.6 Å². The van der Waals surface area contributed by atoms with Gasteiger partial charge in [-0.15, -0.1) is 0 Å². The van der Waals surface area contributed by atoms with E-state index in [9.17, 15) is 4.79 Å². The summed E-state index contributed by atoms with van der Waals surface area (Å²) in [5.74, 6) is 0.0449. The average molecular weight is 212 g/mol.